The minimum atomic E-state index is -3.34. The Labute approximate surface area is 103 Å². The molecule has 1 unspecified atom stereocenters. The van der Waals surface area contributed by atoms with Crippen LogP contribution in [0.4, 0.5) is 0 Å². The van der Waals surface area contributed by atoms with E-state index >= 15 is 0 Å². The Kier molecular flexibility index (Phi) is 5.13. The number of hydrogen-bond acceptors (Lipinski definition) is 3. The Bertz CT molecular complexity index is 477. The van der Waals surface area contributed by atoms with Crippen molar-refractivity contribution < 1.29 is 8.42 Å². The molecule has 0 saturated heterocycles. The highest BCUT2D eigenvalue weighted by molar-refractivity contribution is 7.89. The maximum absolute atomic E-state index is 11.7. The normalized spacial score (nSPS) is 12.9. The van der Waals surface area contributed by atoms with Gasteiger partial charge in [0.2, 0.25) is 10.0 Å². The SMILES string of the molecule is C#CC(CC)NS(=O)(=O)CCc1ccccn1. The van der Waals surface area contributed by atoms with Crippen LogP contribution < -0.4 is 4.72 Å². The monoisotopic (exact) mass is 252 g/mol. The fraction of sp³-hybridized carbons (Fsp3) is 0.417. The number of aryl methyl sites for hydroxylation is 1. The van der Waals surface area contributed by atoms with Crippen LogP contribution in [0, 0.1) is 12.3 Å². The van der Waals surface area contributed by atoms with E-state index in [1.54, 1.807) is 18.3 Å². The van der Waals surface area contributed by atoms with Gasteiger partial charge in [0.05, 0.1) is 11.8 Å². The Morgan fingerprint density at radius 3 is 2.82 bits per heavy atom. The van der Waals surface area contributed by atoms with Crippen LogP contribution in [-0.4, -0.2) is 25.2 Å². The van der Waals surface area contributed by atoms with Gasteiger partial charge in [-0.05, 0) is 18.6 Å². The molecule has 0 spiro atoms. The number of rotatable bonds is 6. The molecule has 0 bridgehead atoms. The van der Waals surface area contributed by atoms with Gasteiger partial charge in [-0.1, -0.05) is 18.9 Å². The van der Waals surface area contributed by atoms with Crippen LogP contribution in [0.15, 0.2) is 24.4 Å². The molecule has 1 N–H and O–H groups in total. The number of sulfonamides is 1. The summed E-state index contributed by atoms with van der Waals surface area (Å²) in [5.41, 5.74) is 0.756. The highest BCUT2D eigenvalue weighted by Gasteiger charge is 2.14. The highest BCUT2D eigenvalue weighted by atomic mass is 32.2. The molecule has 0 amide bonds. The van der Waals surface area contributed by atoms with Gasteiger partial charge in [-0.3, -0.25) is 4.98 Å². The minimum absolute atomic E-state index is 0.00218. The number of hydrogen-bond donors (Lipinski definition) is 1. The van der Waals surface area contributed by atoms with E-state index in [0.29, 0.717) is 12.8 Å². The lowest BCUT2D eigenvalue weighted by Gasteiger charge is -2.10. The highest BCUT2D eigenvalue weighted by Crippen LogP contribution is 1.99. The molecular formula is C12H16N2O2S. The molecule has 0 fully saturated rings. The first-order valence-electron chi connectivity index (χ1n) is 5.43. The average molecular weight is 252 g/mol. The van der Waals surface area contributed by atoms with E-state index < -0.39 is 16.1 Å². The van der Waals surface area contributed by atoms with E-state index in [-0.39, 0.29) is 5.75 Å². The maximum Gasteiger partial charge on any atom is 0.213 e. The minimum Gasteiger partial charge on any atom is -0.261 e. The van der Waals surface area contributed by atoms with Gasteiger partial charge in [0.25, 0.3) is 0 Å². The Balaban J connectivity index is 2.54. The van der Waals surface area contributed by atoms with Crippen molar-refractivity contribution in [2.45, 2.75) is 25.8 Å². The third-order valence-corrected chi connectivity index (χ3v) is 3.67. The van der Waals surface area contributed by atoms with Crippen molar-refractivity contribution in [3.05, 3.63) is 30.1 Å². The molecule has 92 valence electrons. The van der Waals surface area contributed by atoms with E-state index in [2.05, 4.69) is 15.6 Å². The summed E-state index contributed by atoms with van der Waals surface area (Å²) < 4.78 is 25.9. The topological polar surface area (TPSA) is 59.1 Å². The Hall–Kier alpha value is -1.38. The third kappa shape index (κ3) is 4.98. The Morgan fingerprint density at radius 2 is 2.29 bits per heavy atom. The van der Waals surface area contributed by atoms with Crippen LogP contribution in [-0.2, 0) is 16.4 Å². The first-order chi connectivity index (χ1) is 8.07. The maximum atomic E-state index is 11.7. The summed E-state index contributed by atoms with van der Waals surface area (Å²) in [6.45, 7) is 1.84. The van der Waals surface area contributed by atoms with E-state index in [1.807, 2.05) is 13.0 Å². The molecule has 1 atom stereocenters. The standard InChI is InChI=1S/C12H16N2O2S/c1-3-11(4-2)14-17(15,16)10-8-12-7-5-6-9-13-12/h1,5-7,9,11,14H,4,8,10H2,2H3. The molecule has 4 nitrogen and oxygen atoms in total. The summed E-state index contributed by atoms with van der Waals surface area (Å²) in [6, 6.07) is 5.00. The van der Waals surface area contributed by atoms with Gasteiger partial charge < -0.3 is 0 Å². The predicted octanol–water partition coefficient (Wildman–Crippen LogP) is 0.955. The van der Waals surface area contributed by atoms with Gasteiger partial charge in [-0.25, -0.2) is 13.1 Å². The van der Waals surface area contributed by atoms with Gasteiger partial charge in [0.1, 0.15) is 0 Å². The Morgan fingerprint density at radius 1 is 1.53 bits per heavy atom. The molecule has 1 heterocycles. The fourth-order valence-electron chi connectivity index (χ4n) is 1.30. The van der Waals surface area contributed by atoms with Crippen molar-refractivity contribution in [3.8, 4) is 12.3 Å². The average Bonchev–Trinajstić information content (AvgIpc) is 2.35. The van der Waals surface area contributed by atoms with Crippen LogP contribution in [0.3, 0.4) is 0 Å². The molecule has 17 heavy (non-hydrogen) atoms. The zero-order valence-corrected chi connectivity index (χ0v) is 10.6. The van der Waals surface area contributed by atoms with Gasteiger partial charge in [-0.2, -0.15) is 0 Å². The predicted molar refractivity (Wildman–Crippen MR) is 67.8 cm³/mol. The molecule has 0 saturated carbocycles. The van der Waals surface area contributed by atoms with Gasteiger partial charge >= 0.3 is 0 Å². The number of aromatic nitrogens is 1. The number of pyridine rings is 1. The van der Waals surface area contributed by atoms with Crippen molar-refractivity contribution in [2.24, 2.45) is 0 Å². The zero-order chi connectivity index (χ0) is 12.7. The van der Waals surface area contributed by atoms with Crippen molar-refractivity contribution in [2.75, 3.05) is 5.75 Å². The summed E-state index contributed by atoms with van der Waals surface area (Å²) >= 11 is 0. The molecule has 1 aromatic rings. The molecule has 0 aliphatic carbocycles. The smallest absolute Gasteiger partial charge is 0.213 e. The van der Waals surface area contributed by atoms with Gasteiger partial charge in [0, 0.05) is 18.3 Å². The second-order valence-corrected chi connectivity index (χ2v) is 5.51. The number of terminal acetylenes is 1. The van der Waals surface area contributed by atoms with E-state index in [4.69, 9.17) is 6.42 Å². The molecule has 0 aromatic carbocycles. The van der Waals surface area contributed by atoms with Crippen molar-refractivity contribution in [1.82, 2.24) is 9.71 Å². The molecule has 1 rings (SSSR count). The molecule has 0 radical (unpaired) electrons. The number of nitrogens with one attached hydrogen (secondary N) is 1. The van der Waals surface area contributed by atoms with E-state index in [1.165, 1.54) is 0 Å². The lowest BCUT2D eigenvalue weighted by Crippen LogP contribution is -2.35. The second-order valence-electron chi connectivity index (χ2n) is 3.64. The first-order valence-corrected chi connectivity index (χ1v) is 7.08. The molecule has 0 aliphatic rings. The summed E-state index contributed by atoms with van der Waals surface area (Å²) in [5, 5.41) is 0. The van der Waals surface area contributed by atoms with E-state index in [0.717, 1.165) is 5.69 Å². The van der Waals surface area contributed by atoms with Crippen LogP contribution in [0.5, 0.6) is 0 Å². The lowest BCUT2D eigenvalue weighted by molar-refractivity contribution is 0.569. The molecule has 5 heteroatoms. The summed E-state index contributed by atoms with van der Waals surface area (Å²) in [6.07, 6.45) is 7.82. The lowest BCUT2D eigenvalue weighted by atomic mass is 10.3. The summed E-state index contributed by atoms with van der Waals surface area (Å²) in [5.74, 6) is 2.40. The largest absolute Gasteiger partial charge is 0.261 e. The van der Waals surface area contributed by atoms with Gasteiger partial charge in [0.15, 0.2) is 0 Å². The van der Waals surface area contributed by atoms with Crippen molar-refractivity contribution in [1.29, 1.82) is 0 Å². The second kappa shape index (κ2) is 6.38. The van der Waals surface area contributed by atoms with E-state index in [9.17, 15) is 8.42 Å². The van der Waals surface area contributed by atoms with Crippen LogP contribution in [0.1, 0.15) is 19.0 Å². The van der Waals surface area contributed by atoms with Gasteiger partial charge in [-0.15, -0.1) is 6.42 Å². The number of nitrogens with zero attached hydrogens (tertiary/aromatic N) is 1. The summed E-state index contributed by atoms with van der Waals surface area (Å²) in [4.78, 5) is 4.07. The first kappa shape index (κ1) is 13.7. The van der Waals surface area contributed by atoms with Crippen molar-refractivity contribution >= 4 is 10.0 Å². The van der Waals surface area contributed by atoms with Crippen LogP contribution in [0.2, 0.25) is 0 Å². The molecular weight excluding hydrogens is 236 g/mol. The quantitative estimate of drug-likeness (QED) is 0.767. The fourth-order valence-corrected chi connectivity index (χ4v) is 2.56. The van der Waals surface area contributed by atoms with Crippen LogP contribution >= 0.6 is 0 Å². The third-order valence-electron chi connectivity index (χ3n) is 2.28. The molecule has 1 aromatic heterocycles. The zero-order valence-electron chi connectivity index (χ0n) is 9.76. The molecule has 0 aliphatic heterocycles. The van der Waals surface area contributed by atoms with Crippen LogP contribution in [0.25, 0.3) is 0 Å². The van der Waals surface area contributed by atoms with Crippen molar-refractivity contribution in [3.63, 3.8) is 0 Å². The summed E-state index contributed by atoms with van der Waals surface area (Å²) in [7, 11) is -3.34.